The van der Waals surface area contributed by atoms with Crippen LogP contribution in [-0.2, 0) is 55.3 Å². The van der Waals surface area contributed by atoms with Crippen molar-refractivity contribution in [1.82, 2.24) is 58.6 Å². The molecule has 9 rings (SSSR count). The fraction of sp³-hybridized carbons (Fsp3) is 0.516. The van der Waals surface area contributed by atoms with Gasteiger partial charge in [-0.3, -0.25) is 36.4 Å². The average molecular weight is 956 g/mol. The highest BCUT2D eigenvalue weighted by Crippen LogP contribution is 2.55. The number of aromatic nitrogens is 12. The molecule has 6 aromatic heterocycles. The van der Waals surface area contributed by atoms with Crippen LogP contribution in [0.3, 0.4) is 0 Å². The van der Waals surface area contributed by atoms with Crippen LogP contribution in [0.2, 0.25) is 0 Å². The number of imidazole rings is 3. The van der Waals surface area contributed by atoms with Gasteiger partial charge in [0.2, 0.25) is 0 Å². The van der Waals surface area contributed by atoms with Crippen molar-refractivity contribution in [2.75, 3.05) is 44.2 Å². The molecule has 3 aliphatic heterocycles. The van der Waals surface area contributed by atoms with E-state index in [2.05, 4.69) is 44.9 Å². The highest BCUT2D eigenvalue weighted by Gasteiger charge is 2.49. The Morgan fingerprint density at radius 1 is 0.594 bits per heavy atom. The predicted molar refractivity (Wildman–Crippen MR) is 214 cm³/mol. The number of phosphoric acid groups is 2. The number of nitrogens with two attached hydrogens (primary N) is 3. The molecule has 344 valence electrons. The molecule has 3 aliphatic rings. The summed E-state index contributed by atoms with van der Waals surface area (Å²) in [6.45, 7) is -0.143. The second-order valence-electron chi connectivity index (χ2n) is 14.7. The molecule has 9 heterocycles. The lowest BCUT2D eigenvalue weighted by Gasteiger charge is -2.26. The second-order valence-corrected chi connectivity index (χ2v) is 19.3. The Kier molecular flexibility index (Phi) is 12.0. The minimum atomic E-state index is -5.25. The normalized spacial score (nSPS) is 29.1. The van der Waals surface area contributed by atoms with E-state index in [-0.39, 0.29) is 59.0 Å². The largest absolute Gasteiger partial charge is 0.474 e. The Morgan fingerprint density at radius 2 is 1.02 bits per heavy atom. The van der Waals surface area contributed by atoms with E-state index in [4.69, 9.17) is 58.8 Å². The smallest absolute Gasteiger partial charge is 0.382 e. The lowest BCUT2D eigenvalue weighted by atomic mass is 10.2. The third kappa shape index (κ3) is 9.08. The summed E-state index contributed by atoms with van der Waals surface area (Å²) in [7, 11) is -13.0. The second kappa shape index (κ2) is 17.2. The van der Waals surface area contributed by atoms with Crippen LogP contribution in [0.5, 0.6) is 0 Å². The zero-order valence-electron chi connectivity index (χ0n) is 33.4. The molecule has 64 heavy (non-hydrogen) atoms. The molecule has 33 heteroatoms. The molecule has 0 aromatic carbocycles. The van der Waals surface area contributed by atoms with Gasteiger partial charge >= 0.3 is 23.2 Å². The molecule has 0 bridgehead atoms. The molecule has 30 nitrogen and oxygen atoms in total. The zero-order chi connectivity index (χ0) is 45.1. The van der Waals surface area contributed by atoms with Crippen molar-refractivity contribution in [2.24, 2.45) is 0 Å². The van der Waals surface area contributed by atoms with Crippen molar-refractivity contribution < 1.29 is 69.9 Å². The summed E-state index contributed by atoms with van der Waals surface area (Å²) in [5.41, 5.74) is 19.5. The molecule has 0 spiro atoms. The molecule has 9 N–H and O–H groups in total. The first kappa shape index (κ1) is 44.5. The van der Waals surface area contributed by atoms with Crippen LogP contribution < -0.4 is 17.2 Å². The van der Waals surface area contributed by atoms with Gasteiger partial charge in [-0.1, -0.05) is 0 Å². The van der Waals surface area contributed by atoms with Gasteiger partial charge < -0.3 is 55.4 Å². The van der Waals surface area contributed by atoms with E-state index >= 15 is 0 Å². The topological polar surface area (TPSA) is 404 Å². The maximum Gasteiger partial charge on any atom is 0.474 e. The molecule has 0 saturated carbocycles. The molecule has 0 amide bonds. The van der Waals surface area contributed by atoms with Crippen molar-refractivity contribution in [3.05, 3.63) is 38.0 Å². The van der Waals surface area contributed by atoms with Crippen LogP contribution in [0.4, 0.5) is 17.5 Å². The van der Waals surface area contributed by atoms with Gasteiger partial charge in [-0.25, -0.2) is 54.0 Å². The van der Waals surface area contributed by atoms with Gasteiger partial charge in [0.25, 0.3) is 0 Å². The minimum Gasteiger partial charge on any atom is -0.382 e. The first-order chi connectivity index (χ1) is 30.5. The fourth-order valence-electron chi connectivity index (χ4n) is 7.52. The highest BCUT2D eigenvalue weighted by atomic mass is 31.2. The monoisotopic (exact) mass is 955 g/mol. The molecule has 3 saturated heterocycles. The number of nitrogen functional groups attached to an aromatic ring is 3. The van der Waals surface area contributed by atoms with Crippen LogP contribution in [0.25, 0.3) is 33.5 Å². The molecule has 6 aromatic rings. The lowest BCUT2D eigenvalue weighted by molar-refractivity contribution is -0.138. The first-order valence-electron chi connectivity index (χ1n) is 19.0. The summed E-state index contributed by atoms with van der Waals surface area (Å²) in [4.78, 5) is 69.4. The summed E-state index contributed by atoms with van der Waals surface area (Å²) in [6, 6.07) is 0. The summed E-state index contributed by atoms with van der Waals surface area (Å²) in [5.74, 6) is 0.296. The Morgan fingerprint density at radius 3 is 1.50 bits per heavy atom. The Bertz CT molecular complexity index is 2830. The van der Waals surface area contributed by atoms with Crippen molar-refractivity contribution in [3.63, 3.8) is 0 Å². The summed E-state index contributed by atoms with van der Waals surface area (Å²) in [6.07, 6.45) is -2.85. The quantitative estimate of drug-likeness (QED) is 0.0735. The van der Waals surface area contributed by atoms with E-state index < -0.39 is 91.9 Å². The van der Waals surface area contributed by atoms with E-state index in [0.717, 1.165) is 6.66 Å². The van der Waals surface area contributed by atoms with E-state index in [9.17, 15) is 28.4 Å². The predicted octanol–water partition coefficient (Wildman–Crippen LogP) is 0.924. The fourth-order valence-corrected chi connectivity index (χ4v) is 9.93. The number of phosphoric ester groups is 2. The van der Waals surface area contributed by atoms with E-state index in [1.165, 1.54) is 54.2 Å². The van der Waals surface area contributed by atoms with Gasteiger partial charge in [-0.05, 0) is 0 Å². The van der Waals surface area contributed by atoms with Gasteiger partial charge in [0.1, 0.15) is 78.6 Å². The van der Waals surface area contributed by atoms with Crippen molar-refractivity contribution in [3.8, 4) is 0 Å². The SMILES string of the molecule is CO[C@@H]1C[C@H](n2cnc3c(N)ncnc32)OC1COP(=O)(O)OC1O[C@@H](n2cnc3c(N)ncnc32)C[C@H]1OP(=O)(O)O[C@@H]1C[C@H](n2cnc3c(N)ncnc32)OC1COP(C)(=O)O. The van der Waals surface area contributed by atoms with Gasteiger partial charge in [-0.2, -0.15) is 0 Å². The molecule has 0 radical (unpaired) electrons. The summed E-state index contributed by atoms with van der Waals surface area (Å²) in [5, 5.41) is 0. The number of nitrogens with zero attached hydrogens (tertiary/aromatic N) is 12. The van der Waals surface area contributed by atoms with E-state index in [0.29, 0.717) is 11.2 Å². The molecular formula is C31H40N15O15P3. The van der Waals surface area contributed by atoms with Gasteiger partial charge in [0.05, 0.1) is 38.3 Å². The Balaban J connectivity index is 0.927. The Labute approximate surface area is 359 Å². The van der Waals surface area contributed by atoms with Crippen LogP contribution in [0.15, 0.2) is 38.0 Å². The van der Waals surface area contributed by atoms with Crippen molar-refractivity contribution in [1.29, 1.82) is 0 Å². The van der Waals surface area contributed by atoms with Gasteiger partial charge in [0.15, 0.2) is 40.7 Å². The maximum absolute atomic E-state index is 14.0. The molecule has 0 aliphatic carbocycles. The molecule has 6 unspecified atom stereocenters. The zero-order valence-corrected chi connectivity index (χ0v) is 36.1. The maximum atomic E-state index is 14.0. The number of ether oxygens (including phenoxy) is 4. The first-order valence-corrected chi connectivity index (χ1v) is 24.1. The van der Waals surface area contributed by atoms with Gasteiger partial charge in [0, 0.05) is 33.0 Å². The molecular weight excluding hydrogens is 915 g/mol. The summed E-state index contributed by atoms with van der Waals surface area (Å²) < 4.78 is 95.3. The number of fused-ring (bicyclic) bond motifs is 3. The van der Waals surface area contributed by atoms with E-state index in [1.54, 1.807) is 4.57 Å². The average Bonchev–Trinajstić information content (AvgIpc) is 4.09. The third-order valence-corrected chi connectivity index (χ3v) is 13.1. The standard InChI is InChI=1S/C31H40N15O15P3/c1-53-14-3-19(44-11-41-22-25(32)35-8-38-28(22)44)56-17(14)7-55-63(49,50)61-31-16(5-21(58-31)46-13-43-24-27(34)37-10-40-30(24)46)60-64(51,52)59-15-4-20(57-18(15)6-54-62(2,47)48)45-12-42-23-26(33)36-9-39-29(23)45/h8-21,31H,3-7H2,1-2H3,(H,47,48)(H,49,50)(H,51,52)(H2,32,35,38)(H2,33,36,39)(H2,34,37,40)/t14-,15-,16-,17?,18?,19-,20-,21-,31?/m1/s1. The van der Waals surface area contributed by atoms with Crippen LogP contribution in [0, 0.1) is 0 Å². The van der Waals surface area contributed by atoms with Crippen LogP contribution in [0.1, 0.15) is 37.9 Å². The number of hydrogen-bond donors (Lipinski definition) is 6. The number of hydrogen-bond acceptors (Lipinski definition) is 24. The van der Waals surface area contributed by atoms with E-state index in [1.807, 2.05) is 0 Å². The molecule has 12 atom stereocenters. The number of anilines is 3. The highest BCUT2D eigenvalue weighted by molar-refractivity contribution is 7.51. The number of rotatable bonds is 16. The number of methoxy groups -OCH3 is 1. The lowest BCUT2D eigenvalue weighted by Crippen LogP contribution is -2.31. The van der Waals surface area contributed by atoms with Crippen LogP contribution in [-0.4, -0.2) is 137 Å². The van der Waals surface area contributed by atoms with Crippen LogP contribution >= 0.6 is 23.2 Å². The Hall–Kier alpha value is -4.74. The van der Waals surface area contributed by atoms with Crippen molar-refractivity contribution in [2.45, 2.75) is 74.8 Å². The van der Waals surface area contributed by atoms with Crippen molar-refractivity contribution >= 4 is 74.2 Å². The minimum absolute atomic E-state index is 0.0454. The summed E-state index contributed by atoms with van der Waals surface area (Å²) >= 11 is 0. The third-order valence-electron chi connectivity index (χ3n) is 10.4. The molecule has 3 fully saturated rings. The van der Waals surface area contributed by atoms with Gasteiger partial charge in [-0.15, -0.1) is 0 Å².